The number of thioether (sulfide) groups is 1. The van der Waals surface area contributed by atoms with E-state index in [4.69, 9.17) is 5.73 Å². The predicted molar refractivity (Wildman–Crippen MR) is 80.2 cm³/mol. The molecule has 1 saturated carbocycles. The van der Waals surface area contributed by atoms with Crippen LogP contribution in [-0.4, -0.2) is 26.0 Å². The molecule has 0 aromatic heterocycles. The van der Waals surface area contributed by atoms with E-state index in [0.717, 1.165) is 17.7 Å². The molecule has 106 valence electrons. The molecule has 1 aliphatic carbocycles. The molecule has 0 amide bonds. The molecule has 5 heteroatoms. The number of hydrogen-bond acceptors (Lipinski definition) is 4. The molecule has 2 N–H and O–H groups in total. The zero-order valence-corrected chi connectivity index (χ0v) is 13.2. The van der Waals surface area contributed by atoms with Crippen molar-refractivity contribution in [2.45, 2.75) is 47.8 Å². The Morgan fingerprint density at radius 2 is 1.84 bits per heavy atom. The van der Waals surface area contributed by atoms with E-state index in [9.17, 15) is 8.42 Å². The largest absolute Gasteiger partial charge is 0.326 e. The van der Waals surface area contributed by atoms with Crippen molar-refractivity contribution in [2.24, 2.45) is 11.1 Å². The Balaban J connectivity index is 2.09. The van der Waals surface area contributed by atoms with Crippen LogP contribution in [0.4, 0.5) is 0 Å². The highest BCUT2D eigenvalue weighted by Gasteiger charge is 2.39. The molecule has 0 radical (unpaired) electrons. The molecule has 3 nitrogen and oxygen atoms in total. The first-order chi connectivity index (χ1) is 8.70. The van der Waals surface area contributed by atoms with Gasteiger partial charge in [-0.3, -0.25) is 0 Å². The Bertz CT molecular complexity index is 549. The van der Waals surface area contributed by atoms with Gasteiger partial charge >= 0.3 is 0 Å². The summed E-state index contributed by atoms with van der Waals surface area (Å²) in [6.45, 7) is 4.43. The van der Waals surface area contributed by atoms with Gasteiger partial charge in [0.25, 0.3) is 0 Å². The summed E-state index contributed by atoms with van der Waals surface area (Å²) in [6.07, 6.45) is 3.49. The van der Waals surface area contributed by atoms with Gasteiger partial charge in [0.1, 0.15) is 0 Å². The van der Waals surface area contributed by atoms with E-state index >= 15 is 0 Å². The van der Waals surface area contributed by atoms with Crippen LogP contribution in [0.25, 0.3) is 0 Å². The Kier molecular flexibility index (Phi) is 4.00. The summed E-state index contributed by atoms with van der Waals surface area (Å²) in [4.78, 5) is 1.46. The van der Waals surface area contributed by atoms with Gasteiger partial charge in [0.2, 0.25) is 0 Å². The molecular weight excluding hydrogens is 278 g/mol. The molecule has 1 aromatic carbocycles. The van der Waals surface area contributed by atoms with E-state index in [2.05, 4.69) is 13.8 Å². The minimum absolute atomic E-state index is 0.187. The van der Waals surface area contributed by atoms with Gasteiger partial charge in [-0.25, -0.2) is 8.42 Å². The fourth-order valence-corrected chi connectivity index (χ4v) is 4.46. The summed E-state index contributed by atoms with van der Waals surface area (Å²) >= 11 is 1.76. The van der Waals surface area contributed by atoms with Gasteiger partial charge in [-0.2, -0.15) is 0 Å². The van der Waals surface area contributed by atoms with Crippen LogP contribution >= 0.6 is 11.8 Å². The summed E-state index contributed by atoms with van der Waals surface area (Å²) < 4.78 is 22.8. The fraction of sp³-hybridized carbons (Fsp3) is 0.571. The molecule has 2 rings (SSSR count). The third-order valence-electron chi connectivity index (χ3n) is 3.92. The molecule has 0 spiro atoms. The summed E-state index contributed by atoms with van der Waals surface area (Å²) in [6, 6.07) is 7.28. The predicted octanol–water partition coefficient (Wildman–Crippen LogP) is 2.70. The first-order valence-corrected chi connectivity index (χ1v) is 9.20. The lowest BCUT2D eigenvalue weighted by Crippen LogP contribution is -2.38. The van der Waals surface area contributed by atoms with E-state index in [1.807, 2.05) is 12.1 Å². The van der Waals surface area contributed by atoms with Crippen LogP contribution in [0.15, 0.2) is 34.1 Å². The summed E-state index contributed by atoms with van der Waals surface area (Å²) in [5, 5.41) is 0.416. The van der Waals surface area contributed by atoms with E-state index in [1.165, 1.54) is 6.26 Å². The van der Waals surface area contributed by atoms with Crippen LogP contribution in [0, 0.1) is 5.41 Å². The van der Waals surface area contributed by atoms with E-state index < -0.39 is 9.84 Å². The Morgan fingerprint density at radius 3 is 2.26 bits per heavy atom. The van der Waals surface area contributed by atoms with Gasteiger partial charge in [0, 0.05) is 22.4 Å². The van der Waals surface area contributed by atoms with Gasteiger partial charge in [-0.05, 0) is 42.5 Å². The van der Waals surface area contributed by atoms with E-state index in [1.54, 1.807) is 23.9 Å². The normalized spacial score (nSPS) is 26.5. The summed E-state index contributed by atoms with van der Waals surface area (Å²) in [5.41, 5.74) is 6.49. The second-order valence-electron chi connectivity index (χ2n) is 5.95. The zero-order valence-electron chi connectivity index (χ0n) is 11.6. The van der Waals surface area contributed by atoms with E-state index in [-0.39, 0.29) is 11.5 Å². The standard InChI is InChI=1S/C14H21NO2S2/c1-14(2)9-8-12(13(14)15)18-10-4-6-11(7-5-10)19(3,16)17/h4-7,12-13H,8-9,15H2,1-3H3. The van der Waals surface area contributed by atoms with Crippen LogP contribution in [0.2, 0.25) is 0 Å². The number of sulfone groups is 1. The maximum Gasteiger partial charge on any atom is 0.175 e. The molecule has 1 fully saturated rings. The lowest BCUT2D eigenvalue weighted by atomic mass is 9.88. The molecule has 19 heavy (non-hydrogen) atoms. The van der Waals surface area contributed by atoms with Gasteiger partial charge in [0.15, 0.2) is 9.84 Å². The van der Waals surface area contributed by atoms with Crippen LogP contribution in [0.1, 0.15) is 26.7 Å². The zero-order chi connectivity index (χ0) is 14.3. The summed E-state index contributed by atoms with van der Waals surface area (Å²) in [5.74, 6) is 0. The highest BCUT2D eigenvalue weighted by molar-refractivity contribution is 8.00. The van der Waals surface area contributed by atoms with Crippen molar-refractivity contribution >= 4 is 21.6 Å². The molecule has 2 unspecified atom stereocenters. The monoisotopic (exact) mass is 299 g/mol. The van der Waals surface area contributed by atoms with Crippen molar-refractivity contribution in [3.05, 3.63) is 24.3 Å². The SMILES string of the molecule is CC1(C)CCC(Sc2ccc(S(C)(=O)=O)cc2)C1N. The van der Waals surface area contributed by atoms with Crippen molar-refractivity contribution in [3.8, 4) is 0 Å². The smallest absolute Gasteiger partial charge is 0.175 e. The van der Waals surface area contributed by atoms with Crippen LogP contribution in [-0.2, 0) is 9.84 Å². The maximum atomic E-state index is 11.4. The van der Waals surface area contributed by atoms with Crippen LogP contribution in [0.5, 0.6) is 0 Å². The quantitative estimate of drug-likeness (QED) is 0.932. The number of nitrogens with two attached hydrogens (primary N) is 1. The minimum Gasteiger partial charge on any atom is -0.326 e. The number of hydrogen-bond donors (Lipinski definition) is 1. The first-order valence-electron chi connectivity index (χ1n) is 6.42. The highest BCUT2D eigenvalue weighted by atomic mass is 32.2. The molecule has 1 aromatic rings. The van der Waals surface area contributed by atoms with Crippen LogP contribution in [0.3, 0.4) is 0 Å². The van der Waals surface area contributed by atoms with Gasteiger partial charge in [0.05, 0.1) is 4.90 Å². The highest BCUT2D eigenvalue weighted by Crippen LogP contribution is 2.43. The second kappa shape index (κ2) is 5.11. The van der Waals surface area contributed by atoms with Gasteiger partial charge in [-0.1, -0.05) is 13.8 Å². The van der Waals surface area contributed by atoms with Gasteiger partial charge in [-0.15, -0.1) is 11.8 Å². The Morgan fingerprint density at radius 1 is 1.26 bits per heavy atom. The summed E-state index contributed by atoms with van der Waals surface area (Å²) in [7, 11) is -3.11. The molecular formula is C14H21NO2S2. The number of benzene rings is 1. The molecule has 1 aliphatic rings. The van der Waals surface area contributed by atoms with Gasteiger partial charge < -0.3 is 5.73 Å². The van der Waals surface area contributed by atoms with Crippen molar-refractivity contribution in [2.75, 3.05) is 6.26 Å². The van der Waals surface area contributed by atoms with Crippen molar-refractivity contribution in [1.29, 1.82) is 0 Å². The topological polar surface area (TPSA) is 60.2 Å². The molecule has 0 bridgehead atoms. The third-order valence-corrected chi connectivity index (χ3v) is 6.42. The second-order valence-corrected chi connectivity index (χ2v) is 9.28. The van der Waals surface area contributed by atoms with Crippen molar-refractivity contribution < 1.29 is 8.42 Å². The molecule has 2 atom stereocenters. The molecule has 0 aliphatic heterocycles. The molecule has 0 heterocycles. The maximum absolute atomic E-state index is 11.4. The lowest BCUT2D eigenvalue weighted by molar-refractivity contribution is 0.334. The molecule has 0 saturated heterocycles. The van der Waals surface area contributed by atoms with Crippen molar-refractivity contribution in [3.63, 3.8) is 0 Å². The lowest BCUT2D eigenvalue weighted by Gasteiger charge is -2.26. The average molecular weight is 299 g/mol. The fourth-order valence-electron chi connectivity index (χ4n) is 2.44. The third kappa shape index (κ3) is 3.33. The Labute approximate surface area is 119 Å². The average Bonchev–Trinajstić information content (AvgIpc) is 2.56. The van der Waals surface area contributed by atoms with E-state index in [0.29, 0.717) is 10.1 Å². The first kappa shape index (κ1) is 14.9. The van der Waals surface area contributed by atoms with Crippen molar-refractivity contribution in [1.82, 2.24) is 0 Å². The van der Waals surface area contributed by atoms with Crippen LogP contribution < -0.4 is 5.73 Å². The minimum atomic E-state index is -3.11. The number of rotatable bonds is 3. The Hall–Kier alpha value is -0.520.